The van der Waals surface area contributed by atoms with Crippen LogP contribution in [0.4, 0.5) is 24.5 Å². The van der Waals surface area contributed by atoms with Crippen LogP contribution in [0.15, 0.2) is 30.3 Å². The summed E-state index contributed by atoms with van der Waals surface area (Å²) in [5.74, 6) is -1.51. The fraction of sp³-hybridized carbons (Fsp3) is 0.118. The molecule has 0 aromatic heterocycles. The number of hydrogen-bond acceptors (Lipinski definition) is 5. The molecule has 142 valence electrons. The predicted molar refractivity (Wildman–Crippen MR) is 105 cm³/mol. The minimum absolute atomic E-state index is 0.169. The minimum Gasteiger partial charge on any atom is -0.394 e. The highest BCUT2D eigenvalue weighted by Crippen LogP contribution is 2.28. The Morgan fingerprint density at radius 3 is 2.67 bits per heavy atom. The van der Waals surface area contributed by atoms with E-state index in [1.807, 2.05) is 26.7 Å². The Morgan fingerprint density at radius 2 is 2.00 bits per heavy atom. The van der Waals surface area contributed by atoms with Crippen molar-refractivity contribution in [3.63, 3.8) is 0 Å². The summed E-state index contributed by atoms with van der Waals surface area (Å²) in [6.07, 6.45) is 0. The van der Waals surface area contributed by atoms with Gasteiger partial charge in [-0.2, -0.15) is 0 Å². The quantitative estimate of drug-likeness (QED) is 0.239. The van der Waals surface area contributed by atoms with Gasteiger partial charge in [-0.25, -0.2) is 18.7 Å². The van der Waals surface area contributed by atoms with E-state index in [4.69, 9.17) is 5.11 Å². The highest BCUT2D eigenvalue weighted by Gasteiger charge is 2.20. The lowest BCUT2D eigenvalue weighted by atomic mass is 10.1. The zero-order valence-corrected chi connectivity index (χ0v) is 16.5. The normalized spacial score (nSPS) is 10.1. The number of nitrogens with one attached hydrogen (secondary N) is 2. The maximum absolute atomic E-state index is 14.3. The van der Waals surface area contributed by atoms with Crippen molar-refractivity contribution >= 4 is 47.4 Å². The first-order chi connectivity index (χ1) is 13.0. The smallest absolute Gasteiger partial charge is 0.277 e. The van der Waals surface area contributed by atoms with Gasteiger partial charge in [-0.3, -0.25) is 9.63 Å². The maximum atomic E-state index is 14.3. The molecule has 0 saturated heterocycles. The fourth-order valence-corrected chi connectivity index (χ4v) is 2.47. The van der Waals surface area contributed by atoms with Gasteiger partial charge in [0.05, 0.1) is 30.2 Å². The van der Waals surface area contributed by atoms with E-state index in [1.165, 1.54) is 21.1 Å². The molecular weight excluding hydrogens is 496 g/mol. The van der Waals surface area contributed by atoms with E-state index in [1.54, 1.807) is 0 Å². The van der Waals surface area contributed by atoms with Gasteiger partial charge >= 0.3 is 0 Å². The number of carbonyl (C=O) groups excluding carboxylic acids is 1. The molecule has 1 amide bonds. The number of anilines is 2. The molecule has 0 saturated carbocycles. The lowest BCUT2D eigenvalue weighted by Crippen LogP contribution is -2.26. The lowest BCUT2D eigenvalue weighted by Gasteiger charge is -2.14. The van der Waals surface area contributed by atoms with Crippen molar-refractivity contribution in [1.29, 1.82) is 0 Å². The molecular formula is C17H12F3IN2O3S. The molecule has 0 aliphatic carbocycles. The average molecular weight is 508 g/mol. The Kier molecular flexibility index (Phi) is 8.23. The van der Waals surface area contributed by atoms with Crippen molar-refractivity contribution in [2.45, 2.75) is 0 Å². The highest BCUT2D eigenvalue weighted by molar-refractivity contribution is 14.2. The van der Waals surface area contributed by atoms with Crippen LogP contribution in [0.2, 0.25) is 0 Å². The second-order valence-electron chi connectivity index (χ2n) is 4.91. The number of amides is 1. The van der Waals surface area contributed by atoms with E-state index >= 15 is 0 Å². The molecule has 2 aromatic carbocycles. The van der Waals surface area contributed by atoms with Crippen LogP contribution in [0.5, 0.6) is 0 Å². The molecule has 0 atom stereocenters. The summed E-state index contributed by atoms with van der Waals surface area (Å²) in [6.45, 7) is -0.537. The zero-order valence-electron chi connectivity index (χ0n) is 13.5. The molecule has 0 aliphatic rings. The van der Waals surface area contributed by atoms with Crippen LogP contribution >= 0.6 is 30.1 Å². The summed E-state index contributed by atoms with van der Waals surface area (Å²) >= 11 is 1.97. The zero-order chi connectivity index (χ0) is 19.8. The number of halogens is 4. The molecule has 3 N–H and O–H groups in total. The summed E-state index contributed by atoms with van der Waals surface area (Å²) < 4.78 is 42.1. The van der Waals surface area contributed by atoms with Gasteiger partial charge in [0.2, 0.25) is 0 Å². The highest BCUT2D eigenvalue weighted by atomic mass is 127. The van der Waals surface area contributed by atoms with Crippen LogP contribution in [-0.2, 0) is 4.84 Å². The maximum Gasteiger partial charge on any atom is 0.277 e. The van der Waals surface area contributed by atoms with Crippen LogP contribution in [0, 0.1) is 28.6 Å². The first kappa shape index (κ1) is 21.4. The third-order valence-corrected chi connectivity index (χ3v) is 4.00. The van der Waals surface area contributed by atoms with Gasteiger partial charge in [-0.05, 0) is 44.5 Å². The molecule has 0 radical (unpaired) electrons. The Morgan fingerprint density at radius 1 is 1.22 bits per heavy atom. The van der Waals surface area contributed by atoms with Gasteiger partial charge < -0.3 is 10.4 Å². The molecule has 27 heavy (non-hydrogen) atoms. The van der Waals surface area contributed by atoms with Gasteiger partial charge in [-0.15, -0.1) is 0 Å². The fourth-order valence-electron chi connectivity index (χ4n) is 1.99. The third kappa shape index (κ3) is 5.77. The van der Waals surface area contributed by atoms with E-state index in [9.17, 15) is 18.0 Å². The second kappa shape index (κ2) is 10.4. The van der Waals surface area contributed by atoms with Crippen LogP contribution in [0.1, 0.15) is 15.9 Å². The topological polar surface area (TPSA) is 70.6 Å². The van der Waals surface area contributed by atoms with Crippen LogP contribution < -0.4 is 10.8 Å². The Balaban J connectivity index is 2.34. The largest absolute Gasteiger partial charge is 0.394 e. The molecule has 2 rings (SSSR count). The summed E-state index contributed by atoms with van der Waals surface area (Å²) in [6, 6.07) is 5.70. The molecule has 2 aromatic rings. The molecule has 0 heterocycles. The summed E-state index contributed by atoms with van der Waals surface area (Å²) in [5.41, 5.74) is 1.34. The second-order valence-corrected chi connectivity index (χ2v) is 6.59. The number of hydroxylamine groups is 1. The van der Waals surface area contributed by atoms with Crippen molar-refractivity contribution in [3.8, 4) is 11.2 Å². The van der Waals surface area contributed by atoms with Gasteiger partial charge in [0.1, 0.15) is 5.82 Å². The van der Waals surface area contributed by atoms with E-state index in [0.717, 1.165) is 18.2 Å². The van der Waals surface area contributed by atoms with E-state index in [-0.39, 0.29) is 24.5 Å². The van der Waals surface area contributed by atoms with E-state index < -0.39 is 29.0 Å². The average Bonchev–Trinajstić information content (AvgIpc) is 2.65. The van der Waals surface area contributed by atoms with Crippen LogP contribution in [0.3, 0.4) is 0 Å². The predicted octanol–water partition coefficient (Wildman–Crippen LogP) is 3.89. The number of hydrogen-bond donors (Lipinski definition) is 3. The van der Waals surface area contributed by atoms with Crippen molar-refractivity contribution < 1.29 is 27.9 Å². The van der Waals surface area contributed by atoms with E-state index in [2.05, 4.69) is 21.3 Å². The Bertz CT molecular complexity index is 903. The lowest BCUT2D eigenvalue weighted by molar-refractivity contribution is 0.0168. The number of aliphatic hydroxyl groups is 1. The molecule has 0 spiro atoms. The summed E-state index contributed by atoms with van der Waals surface area (Å²) in [5, 5.41) is 13.7. The van der Waals surface area contributed by atoms with Crippen molar-refractivity contribution in [2.24, 2.45) is 0 Å². The number of benzene rings is 2. The Labute approximate surface area is 169 Å². The summed E-state index contributed by atoms with van der Waals surface area (Å²) in [4.78, 5) is 16.8. The van der Waals surface area contributed by atoms with Crippen molar-refractivity contribution in [3.05, 3.63) is 58.9 Å². The van der Waals surface area contributed by atoms with Gasteiger partial charge in [0.25, 0.3) is 5.91 Å². The van der Waals surface area contributed by atoms with E-state index in [0.29, 0.717) is 5.56 Å². The SMILES string of the molecule is O=C(NOCCO)c1ccc(F)c(F)c1Nc1ccc(C#CSI)cc1F. The summed E-state index contributed by atoms with van der Waals surface area (Å²) in [7, 11) is 1.23. The monoisotopic (exact) mass is 508 g/mol. The van der Waals surface area contributed by atoms with Crippen molar-refractivity contribution in [1.82, 2.24) is 5.48 Å². The molecule has 0 bridgehead atoms. The standard InChI is InChI=1S/C17H12F3IN2O3S/c18-12-3-2-11(17(25)23-26-7-6-24)16(15(12)20)22-14-4-1-10(5-8-27-21)9-13(14)19/h1-4,9,22,24H,6-7H2,(H,23,25). The van der Waals surface area contributed by atoms with Crippen molar-refractivity contribution in [2.75, 3.05) is 18.5 Å². The van der Waals surface area contributed by atoms with Gasteiger partial charge in [-0.1, -0.05) is 5.92 Å². The molecule has 0 unspecified atom stereocenters. The Hall–Kier alpha value is -1.94. The number of carbonyl (C=O) groups is 1. The third-order valence-electron chi connectivity index (χ3n) is 3.16. The number of aliphatic hydroxyl groups excluding tert-OH is 1. The minimum atomic E-state index is -1.35. The van der Waals surface area contributed by atoms with Crippen LogP contribution in [-0.4, -0.2) is 24.2 Å². The molecule has 5 nitrogen and oxygen atoms in total. The van der Waals surface area contributed by atoms with Gasteiger partial charge in [0.15, 0.2) is 11.6 Å². The van der Waals surface area contributed by atoms with Gasteiger partial charge in [0, 0.05) is 26.8 Å². The molecule has 0 fully saturated rings. The first-order valence-electron chi connectivity index (χ1n) is 7.34. The molecule has 0 aliphatic heterocycles. The first-order valence-corrected chi connectivity index (χ1v) is 10.7. The number of rotatable bonds is 6. The van der Waals surface area contributed by atoms with Crippen LogP contribution in [0.25, 0.3) is 0 Å². The molecule has 10 heteroatoms.